The number of aryl methyl sites for hydroxylation is 1. The van der Waals surface area contributed by atoms with Crippen molar-refractivity contribution in [1.29, 1.82) is 0 Å². The molecule has 0 atom stereocenters. The Hall–Kier alpha value is -1.46. The van der Waals surface area contributed by atoms with Gasteiger partial charge in [0.05, 0.1) is 6.61 Å². The van der Waals surface area contributed by atoms with Crippen LogP contribution in [0.2, 0.25) is 0 Å². The number of hydrogen-bond acceptors (Lipinski definition) is 3. The van der Waals surface area contributed by atoms with E-state index in [1.807, 2.05) is 0 Å². The second-order valence-corrected chi connectivity index (χ2v) is 4.09. The second-order valence-electron chi connectivity index (χ2n) is 4.09. The van der Waals surface area contributed by atoms with Gasteiger partial charge in [-0.1, -0.05) is 0 Å². The average molecular weight is 254 g/mol. The van der Waals surface area contributed by atoms with Crippen LogP contribution >= 0.6 is 0 Å². The molecule has 0 aromatic heterocycles. The van der Waals surface area contributed by atoms with Crippen molar-refractivity contribution in [1.82, 2.24) is 4.90 Å². The van der Waals surface area contributed by atoms with Crippen molar-refractivity contribution in [2.75, 3.05) is 33.4 Å². The maximum Gasteiger partial charge on any atom is 0.254 e. The Kier molecular flexibility index (Phi) is 5.74. The standard InChI is InChI=1S/C13H19FN2O2/c1-10-7-11(9-12(14)8-10)13(17)16(4-3-15)5-6-18-2/h7-9H,3-6,15H2,1-2H3. The molecular formula is C13H19FN2O2. The molecule has 4 nitrogen and oxygen atoms in total. The summed E-state index contributed by atoms with van der Waals surface area (Å²) in [5.74, 6) is -0.627. The quantitative estimate of drug-likeness (QED) is 0.829. The molecule has 0 fully saturated rings. The van der Waals surface area contributed by atoms with E-state index in [4.69, 9.17) is 10.5 Å². The molecule has 0 aliphatic heterocycles. The average Bonchev–Trinajstić information content (AvgIpc) is 2.32. The van der Waals surface area contributed by atoms with Gasteiger partial charge in [-0.05, 0) is 30.7 Å². The molecule has 0 saturated heterocycles. The number of benzene rings is 1. The molecular weight excluding hydrogens is 235 g/mol. The Labute approximate surface area is 107 Å². The SMILES string of the molecule is COCCN(CCN)C(=O)c1cc(C)cc(F)c1. The van der Waals surface area contributed by atoms with E-state index in [0.717, 1.165) is 5.56 Å². The highest BCUT2D eigenvalue weighted by molar-refractivity contribution is 5.94. The highest BCUT2D eigenvalue weighted by Crippen LogP contribution is 2.11. The molecule has 1 aromatic carbocycles. The van der Waals surface area contributed by atoms with Gasteiger partial charge >= 0.3 is 0 Å². The van der Waals surface area contributed by atoms with Gasteiger partial charge in [-0.15, -0.1) is 0 Å². The van der Waals surface area contributed by atoms with Gasteiger partial charge in [0.15, 0.2) is 0 Å². The molecule has 1 amide bonds. The van der Waals surface area contributed by atoms with E-state index in [9.17, 15) is 9.18 Å². The zero-order valence-corrected chi connectivity index (χ0v) is 10.8. The molecule has 0 aliphatic rings. The lowest BCUT2D eigenvalue weighted by molar-refractivity contribution is 0.0701. The van der Waals surface area contributed by atoms with Crippen LogP contribution in [0.4, 0.5) is 4.39 Å². The Morgan fingerprint density at radius 3 is 2.67 bits per heavy atom. The maximum atomic E-state index is 13.3. The van der Waals surface area contributed by atoms with Gasteiger partial charge < -0.3 is 15.4 Å². The number of carbonyl (C=O) groups excluding carboxylic acids is 1. The van der Waals surface area contributed by atoms with Crippen LogP contribution in [0, 0.1) is 12.7 Å². The van der Waals surface area contributed by atoms with E-state index in [0.29, 0.717) is 31.8 Å². The molecule has 18 heavy (non-hydrogen) atoms. The van der Waals surface area contributed by atoms with Crippen LogP contribution < -0.4 is 5.73 Å². The summed E-state index contributed by atoms with van der Waals surface area (Å²) < 4.78 is 18.2. The van der Waals surface area contributed by atoms with Crippen molar-refractivity contribution < 1.29 is 13.9 Å². The van der Waals surface area contributed by atoms with Crippen LogP contribution in [0.5, 0.6) is 0 Å². The first-order valence-corrected chi connectivity index (χ1v) is 5.84. The number of amides is 1. The van der Waals surface area contributed by atoms with Crippen LogP contribution in [0.1, 0.15) is 15.9 Å². The highest BCUT2D eigenvalue weighted by atomic mass is 19.1. The smallest absolute Gasteiger partial charge is 0.254 e. The van der Waals surface area contributed by atoms with Gasteiger partial charge in [-0.3, -0.25) is 4.79 Å². The van der Waals surface area contributed by atoms with Crippen molar-refractivity contribution in [3.8, 4) is 0 Å². The van der Waals surface area contributed by atoms with Crippen molar-refractivity contribution in [3.63, 3.8) is 0 Å². The van der Waals surface area contributed by atoms with E-state index >= 15 is 0 Å². The highest BCUT2D eigenvalue weighted by Gasteiger charge is 2.15. The predicted molar refractivity (Wildman–Crippen MR) is 68.0 cm³/mol. The minimum absolute atomic E-state index is 0.222. The van der Waals surface area contributed by atoms with Crippen LogP contribution in [0.25, 0.3) is 0 Å². The summed E-state index contributed by atoms with van der Waals surface area (Å²) in [6, 6.07) is 4.30. The minimum Gasteiger partial charge on any atom is -0.383 e. The maximum absolute atomic E-state index is 13.3. The Bertz CT molecular complexity index is 390. The lowest BCUT2D eigenvalue weighted by atomic mass is 10.1. The number of hydrogen-bond donors (Lipinski definition) is 1. The molecule has 0 heterocycles. The van der Waals surface area contributed by atoms with Crippen LogP contribution in [-0.2, 0) is 4.74 Å². The first-order chi connectivity index (χ1) is 8.58. The molecule has 0 unspecified atom stereocenters. The Morgan fingerprint density at radius 2 is 2.11 bits per heavy atom. The third kappa shape index (κ3) is 4.09. The first-order valence-electron chi connectivity index (χ1n) is 5.84. The fraction of sp³-hybridized carbons (Fsp3) is 0.462. The van der Waals surface area contributed by atoms with Crippen molar-refractivity contribution in [2.24, 2.45) is 5.73 Å². The zero-order chi connectivity index (χ0) is 13.5. The monoisotopic (exact) mass is 254 g/mol. The number of methoxy groups -OCH3 is 1. The summed E-state index contributed by atoms with van der Waals surface area (Å²) in [7, 11) is 1.57. The molecule has 0 bridgehead atoms. The molecule has 1 rings (SSSR count). The molecule has 0 aliphatic carbocycles. The lowest BCUT2D eigenvalue weighted by Crippen LogP contribution is -2.37. The third-order valence-electron chi connectivity index (χ3n) is 2.54. The second kappa shape index (κ2) is 7.08. The van der Waals surface area contributed by atoms with Crippen molar-refractivity contribution >= 4 is 5.91 Å². The molecule has 2 N–H and O–H groups in total. The number of ether oxygens (including phenoxy) is 1. The van der Waals surface area contributed by atoms with Crippen molar-refractivity contribution in [3.05, 3.63) is 35.1 Å². The number of nitrogens with zero attached hydrogens (tertiary/aromatic N) is 1. The number of carbonyl (C=O) groups is 1. The summed E-state index contributed by atoms with van der Waals surface area (Å²) in [5, 5.41) is 0. The predicted octanol–water partition coefficient (Wildman–Crippen LogP) is 1.18. The van der Waals surface area contributed by atoms with Crippen LogP contribution in [-0.4, -0.2) is 44.2 Å². The Morgan fingerprint density at radius 1 is 1.39 bits per heavy atom. The van der Waals surface area contributed by atoms with E-state index in [2.05, 4.69) is 0 Å². The first kappa shape index (κ1) is 14.6. The Balaban J connectivity index is 2.86. The zero-order valence-electron chi connectivity index (χ0n) is 10.8. The van der Waals surface area contributed by atoms with Gasteiger partial charge in [0.1, 0.15) is 5.82 Å². The molecule has 0 saturated carbocycles. The van der Waals surface area contributed by atoms with Crippen LogP contribution in [0.3, 0.4) is 0 Å². The fourth-order valence-electron chi connectivity index (χ4n) is 1.71. The fourth-order valence-corrected chi connectivity index (χ4v) is 1.71. The summed E-state index contributed by atoms with van der Waals surface area (Å²) >= 11 is 0. The van der Waals surface area contributed by atoms with Crippen molar-refractivity contribution in [2.45, 2.75) is 6.92 Å². The minimum atomic E-state index is -0.405. The number of nitrogens with two attached hydrogens (primary N) is 1. The normalized spacial score (nSPS) is 10.4. The molecule has 100 valence electrons. The van der Waals surface area contributed by atoms with Crippen LogP contribution in [0.15, 0.2) is 18.2 Å². The lowest BCUT2D eigenvalue weighted by Gasteiger charge is -2.21. The molecule has 5 heteroatoms. The van der Waals surface area contributed by atoms with E-state index in [1.54, 1.807) is 25.0 Å². The molecule has 1 aromatic rings. The van der Waals surface area contributed by atoms with Gasteiger partial charge in [0.25, 0.3) is 5.91 Å². The summed E-state index contributed by atoms with van der Waals surface area (Å²) in [5.41, 5.74) is 6.53. The number of rotatable bonds is 6. The summed E-state index contributed by atoms with van der Waals surface area (Å²) in [6.07, 6.45) is 0. The van der Waals surface area contributed by atoms with Gasteiger partial charge in [0.2, 0.25) is 0 Å². The summed E-state index contributed by atoms with van der Waals surface area (Å²) in [6.45, 7) is 3.42. The number of halogens is 1. The van der Waals surface area contributed by atoms with Gasteiger partial charge in [0, 0.05) is 32.3 Å². The van der Waals surface area contributed by atoms with Gasteiger partial charge in [-0.2, -0.15) is 0 Å². The molecule has 0 spiro atoms. The van der Waals surface area contributed by atoms with Gasteiger partial charge in [-0.25, -0.2) is 4.39 Å². The van der Waals surface area contributed by atoms with E-state index < -0.39 is 5.82 Å². The molecule has 0 radical (unpaired) electrons. The van der Waals surface area contributed by atoms with E-state index in [1.165, 1.54) is 12.1 Å². The largest absolute Gasteiger partial charge is 0.383 e. The van der Waals surface area contributed by atoms with E-state index in [-0.39, 0.29) is 5.91 Å². The summed E-state index contributed by atoms with van der Waals surface area (Å²) in [4.78, 5) is 13.8. The topological polar surface area (TPSA) is 55.6 Å². The third-order valence-corrected chi connectivity index (χ3v) is 2.54.